The molecule has 2 aromatic heterocycles. The van der Waals surface area contributed by atoms with Crippen LogP contribution in [0.15, 0.2) is 59.0 Å². The second-order valence-corrected chi connectivity index (χ2v) is 8.09. The van der Waals surface area contributed by atoms with E-state index in [0.29, 0.717) is 5.89 Å². The van der Waals surface area contributed by atoms with Gasteiger partial charge in [0.15, 0.2) is 5.58 Å². The number of thiophene rings is 1. The number of rotatable bonds is 1. The van der Waals surface area contributed by atoms with Gasteiger partial charge in [0, 0.05) is 42.9 Å². The van der Waals surface area contributed by atoms with Crippen molar-refractivity contribution >= 4 is 66.4 Å². The van der Waals surface area contributed by atoms with Gasteiger partial charge in [-0.25, -0.2) is 4.98 Å². The minimum absolute atomic E-state index is 0.639. The first-order valence-corrected chi connectivity index (χ1v) is 9.77. The predicted molar refractivity (Wildman–Crippen MR) is 114 cm³/mol. The maximum Gasteiger partial charge on any atom is 0.227 e. The summed E-state index contributed by atoms with van der Waals surface area (Å²) >= 11 is 7.94. The summed E-state index contributed by atoms with van der Waals surface area (Å²) < 4.78 is 8.52. The molecule has 0 fully saturated rings. The number of oxazole rings is 1. The second kappa shape index (κ2) is 5.51. The summed E-state index contributed by atoms with van der Waals surface area (Å²) in [5.74, 6) is 0.639. The van der Waals surface area contributed by atoms with Gasteiger partial charge in [-0.2, -0.15) is 0 Å². The average molecular weight is 385 g/mol. The van der Waals surface area contributed by atoms with Crippen LogP contribution < -0.4 is 0 Å². The summed E-state index contributed by atoms with van der Waals surface area (Å²) in [7, 11) is 0. The van der Waals surface area contributed by atoms with Gasteiger partial charge in [-0.05, 0) is 42.5 Å². The Morgan fingerprint density at radius 2 is 1.85 bits per heavy atom. The lowest BCUT2D eigenvalue weighted by Crippen LogP contribution is -1.86. The summed E-state index contributed by atoms with van der Waals surface area (Å²) in [6.07, 6.45) is 9.05. The quantitative estimate of drug-likeness (QED) is 0.282. The van der Waals surface area contributed by atoms with E-state index < -0.39 is 0 Å². The Kier molecular flexibility index (Phi) is 3.09. The predicted octanol–water partition coefficient (Wildman–Crippen LogP) is 7.36. The van der Waals surface area contributed by atoms with Gasteiger partial charge in [0.1, 0.15) is 17.7 Å². The first-order valence-electron chi connectivity index (χ1n) is 8.57. The van der Waals surface area contributed by atoms with Crippen molar-refractivity contribution in [3.63, 3.8) is 0 Å². The molecule has 0 saturated heterocycles. The zero-order chi connectivity index (χ0) is 18.0. The van der Waals surface area contributed by atoms with Crippen LogP contribution in [0.1, 0.15) is 11.1 Å². The zero-order valence-corrected chi connectivity index (χ0v) is 15.6. The van der Waals surface area contributed by atoms with Gasteiger partial charge < -0.3 is 4.42 Å². The molecule has 1 aliphatic carbocycles. The third-order valence-corrected chi connectivity index (χ3v) is 6.24. The first-order chi connectivity index (χ1) is 13.2. The van der Waals surface area contributed by atoms with E-state index in [2.05, 4.69) is 36.4 Å². The lowest BCUT2D eigenvalue weighted by atomic mass is 10.0. The number of aromatic nitrogens is 1. The Labute approximate surface area is 164 Å². The Bertz CT molecular complexity index is 1440. The first kappa shape index (κ1) is 15.1. The highest BCUT2D eigenvalue weighted by Crippen LogP contribution is 2.38. The highest BCUT2D eigenvalue weighted by molar-refractivity contribution is 7.25. The number of fused-ring (bicyclic) bond motifs is 5. The summed E-state index contributed by atoms with van der Waals surface area (Å²) in [4.78, 5) is 4.73. The van der Waals surface area contributed by atoms with Gasteiger partial charge in [-0.15, -0.1) is 11.3 Å². The second-order valence-electron chi connectivity index (χ2n) is 6.57. The Morgan fingerprint density at radius 1 is 0.926 bits per heavy atom. The monoisotopic (exact) mass is 384 g/mol. The van der Waals surface area contributed by atoms with E-state index in [1.54, 1.807) is 11.3 Å². The summed E-state index contributed by atoms with van der Waals surface area (Å²) in [5, 5.41) is 3.06. The minimum atomic E-state index is 0.639. The van der Waals surface area contributed by atoms with Crippen molar-refractivity contribution in [2.45, 2.75) is 0 Å². The largest absolute Gasteiger partial charge is 0.436 e. The van der Waals surface area contributed by atoms with Crippen molar-refractivity contribution in [2.24, 2.45) is 0 Å². The minimum Gasteiger partial charge on any atom is -0.436 e. The molecule has 3 aromatic carbocycles. The summed E-state index contributed by atoms with van der Waals surface area (Å²) in [5.41, 5.74) is 4.94. The van der Waals surface area contributed by atoms with Gasteiger partial charge in [-0.3, -0.25) is 0 Å². The van der Waals surface area contributed by atoms with Crippen LogP contribution in [0.4, 0.5) is 0 Å². The molecule has 6 rings (SSSR count). The number of nitrogens with zero attached hydrogens (tertiary/aromatic N) is 1. The highest BCUT2D eigenvalue weighted by atomic mass is 35.5. The number of halogens is 1. The molecule has 0 N–H and O–H groups in total. The van der Waals surface area contributed by atoms with E-state index in [9.17, 15) is 0 Å². The van der Waals surface area contributed by atoms with Gasteiger partial charge in [0.25, 0.3) is 0 Å². The number of hydrogen-bond acceptors (Lipinski definition) is 3. The number of benzene rings is 3. The SMILES string of the molecule is Clc1ccc2sc3cc4nc(-c5ccc6c(c5)C=C[C+]=C6)oc4cc3c2c1. The number of allylic oxidation sites excluding steroid dienone is 2. The lowest BCUT2D eigenvalue weighted by molar-refractivity contribution is 0.620. The smallest absolute Gasteiger partial charge is 0.227 e. The van der Waals surface area contributed by atoms with Crippen LogP contribution in [0.5, 0.6) is 0 Å². The summed E-state index contributed by atoms with van der Waals surface area (Å²) in [6, 6.07) is 16.4. The van der Waals surface area contributed by atoms with E-state index in [4.69, 9.17) is 21.0 Å². The molecule has 27 heavy (non-hydrogen) atoms. The Hall–Kier alpha value is -2.97. The van der Waals surface area contributed by atoms with E-state index in [0.717, 1.165) is 43.6 Å². The van der Waals surface area contributed by atoms with Crippen molar-refractivity contribution < 1.29 is 4.42 Å². The lowest BCUT2D eigenvalue weighted by Gasteiger charge is -1.99. The molecule has 4 heteroatoms. The van der Waals surface area contributed by atoms with Crippen LogP contribution in [-0.4, -0.2) is 4.98 Å². The fourth-order valence-electron chi connectivity index (χ4n) is 3.55. The molecular formula is C23H11ClNOS+. The van der Waals surface area contributed by atoms with E-state index in [-0.39, 0.29) is 0 Å². The molecule has 0 amide bonds. The number of hydrogen-bond donors (Lipinski definition) is 0. The molecule has 0 bridgehead atoms. The van der Waals surface area contributed by atoms with Crippen LogP contribution >= 0.6 is 22.9 Å². The van der Waals surface area contributed by atoms with Gasteiger partial charge in [0.2, 0.25) is 5.89 Å². The molecular weight excluding hydrogens is 374 g/mol. The van der Waals surface area contributed by atoms with E-state index >= 15 is 0 Å². The maximum absolute atomic E-state index is 6.19. The Morgan fingerprint density at radius 3 is 2.81 bits per heavy atom. The molecule has 0 unspecified atom stereocenters. The van der Waals surface area contributed by atoms with Gasteiger partial charge in [0.05, 0.1) is 17.2 Å². The average Bonchev–Trinajstić information content (AvgIpc) is 3.26. The fourth-order valence-corrected chi connectivity index (χ4v) is 4.83. The Balaban J connectivity index is 1.55. The van der Waals surface area contributed by atoms with Crippen LogP contribution in [-0.2, 0) is 0 Å². The molecule has 2 nitrogen and oxygen atoms in total. The van der Waals surface area contributed by atoms with Gasteiger partial charge >= 0.3 is 0 Å². The molecule has 126 valence electrons. The molecule has 0 spiro atoms. The molecule has 0 radical (unpaired) electrons. The molecule has 1 aliphatic rings. The van der Waals surface area contributed by atoms with Crippen molar-refractivity contribution in [3.05, 3.63) is 76.8 Å². The van der Waals surface area contributed by atoms with Crippen LogP contribution in [0.2, 0.25) is 5.02 Å². The van der Waals surface area contributed by atoms with Crippen molar-refractivity contribution in [2.75, 3.05) is 0 Å². The standard InChI is InChI=1S/C23H11ClNOS/c24-16-7-8-21-17(10-16)18-11-20-19(12-22(18)27-21)25-23(26-20)15-6-5-13-3-1-2-4-14(13)9-15/h2-12H/q+1. The van der Waals surface area contributed by atoms with Crippen molar-refractivity contribution in [1.29, 1.82) is 0 Å². The fraction of sp³-hybridized carbons (Fsp3) is 0. The molecule has 0 atom stereocenters. The summed E-state index contributed by atoms with van der Waals surface area (Å²) in [6.45, 7) is 0. The van der Waals surface area contributed by atoms with Crippen LogP contribution in [0.3, 0.4) is 0 Å². The van der Waals surface area contributed by atoms with Crippen LogP contribution in [0, 0.1) is 6.08 Å². The third-order valence-electron chi connectivity index (χ3n) is 4.87. The molecule has 5 aromatic rings. The van der Waals surface area contributed by atoms with Gasteiger partial charge in [-0.1, -0.05) is 11.6 Å². The third kappa shape index (κ3) is 2.34. The normalized spacial score (nSPS) is 12.8. The topological polar surface area (TPSA) is 26.0 Å². The van der Waals surface area contributed by atoms with Crippen molar-refractivity contribution in [3.8, 4) is 11.5 Å². The van der Waals surface area contributed by atoms with E-state index in [1.807, 2.05) is 36.4 Å². The molecule has 2 heterocycles. The van der Waals surface area contributed by atoms with Crippen molar-refractivity contribution in [1.82, 2.24) is 4.98 Å². The maximum atomic E-state index is 6.19. The molecule has 0 aliphatic heterocycles. The highest BCUT2D eigenvalue weighted by Gasteiger charge is 2.16. The zero-order valence-electron chi connectivity index (χ0n) is 14.0. The van der Waals surface area contributed by atoms with E-state index in [1.165, 1.54) is 9.40 Å². The van der Waals surface area contributed by atoms with Crippen LogP contribution in [0.25, 0.3) is 54.9 Å². The molecule has 0 saturated carbocycles.